The van der Waals surface area contributed by atoms with Gasteiger partial charge in [-0.05, 0) is 89.4 Å². The Kier molecular flexibility index (Phi) is 11.2. The standard InChI is InChI=1S/C13H20O2.C11H18O.C7H10O2/c1-13(2,3)15-12(14)11-8-9-4-6-10(11)7-5-9;1-11(2,3)10(12)8-9-6-4-5-7-9;8-7(9)5-6-3-1-2-4-6/h4,6,9-11H,5,7-8H2,1-3H3;4,6,9H,5,7-8H2,1-3H3;1,3,6H,2,4-5H2,(H,8,9). The Balaban J connectivity index is 0.000000197. The fraction of sp³-hybridized carbons (Fsp3) is 0.710. The van der Waals surface area contributed by atoms with Gasteiger partial charge in [0.25, 0.3) is 0 Å². The second-order valence-electron chi connectivity index (χ2n) is 12.8. The minimum Gasteiger partial charge on any atom is -0.481 e. The van der Waals surface area contributed by atoms with Crippen LogP contribution < -0.4 is 0 Å². The molecule has 1 N–H and O–H groups in total. The molecule has 0 aromatic carbocycles. The van der Waals surface area contributed by atoms with Crippen LogP contribution in [0.4, 0.5) is 0 Å². The van der Waals surface area contributed by atoms with Gasteiger partial charge in [-0.1, -0.05) is 57.2 Å². The highest BCUT2D eigenvalue weighted by Gasteiger charge is 2.38. The van der Waals surface area contributed by atoms with Gasteiger partial charge in [0.05, 0.1) is 12.3 Å². The monoisotopic (exact) mass is 500 g/mol. The van der Waals surface area contributed by atoms with Crippen LogP contribution in [0.1, 0.15) is 99.3 Å². The van der Waals surface area contributed by atoms with Crippen molar-refractivity contribution in [3.63, 3.8) is 0 Å². The van der Waals surface area contributed by atoms with Crippen molar-refractivity contribution in [1.29, 1.82) is 0 Å². The highest BCUT2D eigenvalue weighted by Crippen LogP contribution is 2.41. The number of Topliss-reactive ketones (excluding diaryl/α,β-unsaturated/α-hetero) is 1. The third kappa shape index (κ3) is 10.8. The second kappa shape index (κ2) is 13.4. The van der Waals surface area contributed by atoms with Gasteiger partial charge in [0.2, 0.25) is 0 Å². The van der Waals surface area contributed by atoms with Crippen molar-refractivity contribution < 1.29 is 24.2 Å². The van der Waals surface area contributed by atoms with E-state index in [1.54, 1.807) is 0 Å². The minimum absolute atomic E-state index is 0.00144. The Hall–Kier alpha value is -2.17. The van der Waals surface area contributed by atoms with E-state index in [0.717, 1.165) is 38.5 Å². The quantitative estimate of drug-likeness (QED) is 0.316. The summed E-state index contributed by atoms with van der Waals surface area (Å²) in [4.78, 5) is 33.7. The highest BCUT2D eigenvalue weighted by atomic mass is 16.6. The SMILES string of the molecule is CC(C)(C)C(=O)CC1C=CCC1.CC(C)(C)OC(=O)C1CC2C=CC1CC2.O=C(O)CC1C=CCC1. The van der Waals surface area contributed by atoms with Gasteiger partial charge in [-0.25, -0.2) is 0 Å². The normalized spacial score (nSPS) is 28.1. The lowest BCUT2D eigenvalue weighted by molar-refractivity contribution is -0.163. The molecule has 0 heterocycles. The van der Waals surface area contributed by atoms with Crippen LogP contribution in [0.15, 0.2) is 36.5 Å². The Morgan fingerprint density at radius 3 is 1.75 bits per heavy atom. The third-order valence-corrected chi connectivity index (χ3v) is 7.23. The fourth-order valence-electron chi connectivity index (χ4n) is 5.08. The number of hydrogen-bond donors (Lipinski definition) is 1. The average Bonchev–Trinajstić information content (AvgIpc) is 3.48. The van der Waals surface area contributed by atoms with Crippen LogP contribution in [0.3, 0.4) is 0 Å². The lowest BCUT2D eigenvalue weighted by Crippen LogP contribution is -2.37. The van der Waals surface area contributed by atoms with E-state index >= 15 is 0 Å². The largest absolute Gasteiger partial charge is 0.481 e. The Morgan fingerprint density at radius 2 is 1.39 bits per heavy atom. The molecule has 0 aromatic heterocycles. The van der Waals surface area contributed by atoms with E-state index in [-0.39, 0.29) is 22.9 Å². The minimum atomic E-state index is -0.688. The molecule has 0 radical (unpaired) electrons. The number of esters is 1. The number of ketones is 1. The molecule has 0 amide bonds. The summed E-state index contributed by atoms with van der Waals surface area (Å²) in [6.07, 6.45) is 21.7. The first-order valence-corrected chi connectivity index (χ1v) is 13.7. The predicted molar refractivity (Wildman–Crippen MR) is 144 cm³/mol. The zero-order chi connectivity index (χ0) is 26.9. The summed E-state index contributed by atoms with van der Waals surface area (Å²) in [6, 6.07) is 0. The molecule has 0 spiro atoms. The molecule has 1 fully saturated rings. The van der Waals surface area contributed by atoms with Crippen LogP contribution in [0.5, 0.6) is 0 Å². The molecule has 5 aliphatic rings. The molecule has 0 aliphatic heterocycles. The van der Waals surface area contributed by atoms with E-state index in [1.165, 1.54) is 12.8 Å². The van der Waals surface area contributed by atoms with Gasteiger partial charge >= 0.3 is 11.9 Å². The van der Waals surface area contributed by atoms with Gasteiger partial charge in [-0.2, -0.15) is 0 Å². The molecule has 202 valence electrons. The molecule has 5 aliphatic carbocycles. The third-order valence-electron chi connectivity index (χ3n) is 7.23. The molecule has 5 unspecified atom stereocenters. The van der Waals surface area contributed by atoms with Crippen molar-refractivity contribution >= 4 is 17.7 Å². The number of fused-ring (bicyclic) bond motifs is 2. The molecule has 2 bridgehead atoms. The summed E-state index contributed by atoms with van der Waals surface area (Å²) >= 11 is 0. The molecule has 5 rings (SSSR count). The number of carbonyl (C=O) groups is 3. The van der Waals surface area contributed by atoms with Crippen LogP contribution in [-0.2, 0) is 19.1 Å². The second-order valence-corrected chi connectivity index (χ2v) is 12.8. The van der Waals surface area contributed by atoms with Crippen LogP contribution in [0.2, 0.25) is 0 Å². The molecular weight excluding hydrogens is 452 g/mol. The van der Waals surface area contributed by atoms with Crippen molar-refractivity contribution in [3.8, 4) is 0 Å². The maximum Gasteiger partial charge on any atom is 0.310 e. The van der Waals surface area contributed by atoms with Gasteiger partial charge in [0.1, 0.15) is 11.4 Å². The summed E-state index contributed by atoms with van der Waals surface area (Å²) < 4.78 is 5.46. The number of carboxylic acids is 1. The van der Waals surface area contributed by atoms with Gasteiger partial charge < -0.3 is 9.84 Å². The zero-order valence-corrected chi connectivity index (χ0v) is 23.3. The molecular formula is C31H48O5. The Morgan fingerprint density at radius 1 is 0.806 bits per heavy atom. The molecule has 5 nitrogen and oxygen atoms in total. The van der Waals surface area contributed by atoms with E-state index in [2.05, 4.69) is 24.3 Å². The number of ether oxygens (including phenoxy) is 1. The van der Waals surface area contributed by atoms with Gasteiger partial charge in [0, 0.05) is 11.8 Å². The first-order valence-electron chi connectivity index (χ1n) is 13.7. The van der Waals surface area contributed by atoms with E-state index in [0.29, 0.717) is 35.9 Å². The van der Waals surface area contributed by atoms with Crippen LogP contribution in [0, 0.1) is 35.0 Å². The first kappa shape index (κ1) is 30.1. The molecule has 1 saturated carbocycles. The predicted octanol–water partition coefficient (Wildman–Crippen LogP) is 7.32. The maximum absolute atomic E-state index is 11.9. The number of carbonyl (C=O) groups excluding carboxylic acids is 2. The van der Waals surface area contributed by atoms with Crippen molar-refractivity contribution in [2.45, 2.75) is 105 Å². The van der Waals surface area contributed by atoms with Crippen molar-refractivity contribution in [2.75, 3.05) is 0 Å². The highest BCUT2D eigenvalue weighted by molar-refractivity contribution is 5.84. The maximum atomic E-state index is 11.9. The summed E-state index contributed by atoms with van der Waals surface area (Å²) in [7, 11) is 0. The topological polar surface area (TPSA) is 80.7 Å². The summed E-state index contributed by atoms with van der Waals surface area (Å²) in [5, 5.41) is 8.34. The average molecular weight is 501 g/mol. The van der Waals surface area contributed by atoms with Crippen LogP contribution in [0.25, 0.3) is 0 Å². The fourth-order valence-corrected chi connectivity index (χ4v) is 5.08. The number of allylic oxidation sites excluding steroid dienone is 6. The van der Waals surface area contributed by atoms with Crippen molar-refractivity contribution in [3.05, 3.63) is 36.5 Å². The lowest BCUT2D eigenvalue weighted by atomic mass is 9.69. The number of carboxylic acid groups (broad SMARTS) is 1. The van der Waals surface area contributed by atoms with E-state index < -0.39 is 5.97 Å². The number of hydrogen-bond acceptors (Lipinski definition) is 4. The van der Waals surface area contributed by atoms with Crippen molar-refractivity contribution in [2.24, 2.45) is 35.0 Å². The summed E-state index contributed by atoms with van der Waals surface area (Å²) in [5.41, 5.74) is -0.506. The first-order chi connectivity index (χ1) is 16.7. The zero-order valence-electron chi connectivity index (χ0n) is 23.3. The van der Waals surface area contributed by atoms with Gasteiger partial charge in [-0.3, -0.25) is 14.4 Å². The smallest absolute Gasteiger partial charge is 0.310 e. The van der Waals surface area contributed by atoms with Crippen LogP contribution in [-0.4, -0.2) is 28.4 Å². The van der Waals surface area contributed by atoms with Crippen molar-refractivity contribution in [1.82, 2.24) is 0 Å². The summed E-state index contributed by atoms with van der Waals surface area (Å²) in [5.74, 6) is 1.71. The summed E-state index contributed by atoms with van der Waals surface area (Å²) in [6.45, 7) is 11.8. The molecule has 0 saturated heterocycles. The molecule has 5 heteroatoms. The van der Waals surface area contributed by atoms with E-state index in [4.69, 9.17) is 9.84 Å². The van der Waals surface area contributed by atoms with E-state index in [1.807, 2.05) is 53.7 Å². The number of rotatable bonds is 5. The van der Waals surface area contributed by atoms with Gasteiger partial charge in [0.15, 0.2) is 0 Å². The Labute approximate surface area is 218 Å². The lowest BCUT2D eigenvalue weighted by Gasteiger charge is -2.37. The molecule has 5 atom stereocenters. The van der Waals surface area contributed by atoms with Gasteiger partial charge in [-0.15, -0.1) is 0 Å². The molecule has 0 aromatic rings. The molecule has 36 heavy (non-hydrogen) atoms. The van der Waals surface area contributed by atoms with Crippen LogP contribution >= 0.6 is 0 Å². The Bertz CT molecular complexity index is 836. The number of aliphatic carboxylic acids is 1. The van der Waals surface area contributed by atoms with E-state index in [9.17, 15) is 14.4 Å².